The molecule has 0 radical (unpaired) electrons. The number of hydrogen-bond donors (Lipinski definition) is 0. The fourth-order valence-electron chi connectivity index (χ4n) is 12.7. The second-order valence-electron chi connectivity index (χ2n) is 19.3. The van der Waals surface area contributed by atoms with E-state index in [1.165, 1.54) is 162 Å². The maximum absolute atomic E-state index is 2.68. The van der Waals surface area contributed by atoms with Gasteiger partial charge in [0, 0.05) is 16.8 Å². The number of hydrogen-bond acceptors (Lipinski definition) is 1. The average molecular weight is 746 g/mol. The Kier molecular flexibility index (Phi) is 8.94. The number of anilines is 3. The molecular weight excluding hydrogens is 687 g/mol. The van der Waals surface area contributed by atoms with Crippen LogP contribution in [0.15, 0.2) is 121 Å². The molecule has 4 fully saturated rings. The lowest BCUT2D eigenvalue weighted by atomic mass is 9.80. The van der Waals surface area contributed by atoms with Crippen LogP contribution >= 0.6 is 0 Å². The van der Waals surface area contributed by atoms with Gasteiger partial charge in [-0.2, -0.15) is 0 Å². The molecule has 5 aliphatic rings. The van der Waals surface area contributed by atoms with E-state index in [-0.39, 0.29) is 5.41 Å². The van der Waals surface area contributed by atoms with E-state index >= 15 is 0 Å². The highest BCUT2D eigenvalue weighted by molar-refractivity contribution is 5.97. The molecule has 4 saturated carbocycles. The van der Waals surface area contributed by atoms with E-state index in [2.05, 4.69) is 140 Å². The van der Waals surface area contributed by atoms with Crippen molar-refractivity contribution < 1.29 is 0 Å². The molecule has 0 aromatic heterocycles. The van der Waals surface area contributed by atoms with Gasteiger partial charge in [0.15, 0.2) is 0 Å². The number of benzene rings is 6. The minimum atomic E-state index is -0.119. The Bertz CT molecular complexity index is 2420. The van der Waals surface area contributed by atoms with E-state index in [0.717, 1.165) is 17.8 Å². The Morgan fingerprint density at radius 3 is 1.88 bits per heavy atom. The molecule has 0 spiro atoms. The average Bonchev–Trinajstić information content (AvgIpc) is 3.97. The standard InChI is InChI=1S/C56H59N/c1-56(2)52-20-12-11-19-48(52)55-51(42-25-23-39(24-26-42)38-13-5-3-6-14-38)35-47(36-53(55)56)57(46-29-27-41(28-30-46)49-32-37-21-22-45(49)31-37)54-34-44-18-10-9-17-43(44)33-50(54)40-15-7-4-8-16-40/h9-12,17-20,23-30,33-38,40,45,49H,3-8,13-16,21-22,31-32H2,1-2H3. The third-order valence-electron chi connectivity index (χ3n) is 15.7. The molecule has 0 aliphatic heterocycles. The smallest absolute Gasteiger partial charge is 0.0502 e. The molecule has 1 heteroatoms. The SMILES string of the molecule is CC1(C)c2ccccc2-c2c(-c3ccc(C4CCCCC4)cc3)cc(N(c3ccc(C4CC5CCC4C5)cc3)c3cc4ccccc4cc3C3CCCCC3)cc21. The van der Waals surface area contributed by atoms with Gasteiger partial charge in [-0.1, -0.05) is 144 Å². The normalized spacial score (nSPS) is 22.8. The van der Waals surface area contributed by atoms with Gasteiger partial charge >= 0.3 is 0 Å². The van der Waals surface area contributed by atoms with E-state index in [0.29, 0.717) is 11.8 Å². The molecule has 288 valence electrons. The third kappa shape index (κ3) is 6.18. The van der Waals surface area contributed by atoms with Crippen LogP contribution in [0.25, 0.3) is 33.0 Å². The second kappa shape index (κ2) is 14.3. The maximum Gasteiger partial charge on any atom is 0.0502 e. The van der Waals surface area contributed by atoms with Gasteiger partial charge in [-0.3, -0.25) is 0 Å². The fraction of sp³-hybridized carbons (Fsp3) is 0.393. The van der Waals surface area contributed by atoms with Crippen LogP contribution in [0.5, 0.6) is 0 Å². The maximum atomic E-state index is 2.68. The monoisotopic (exact) mass is 745 g/mol. The van der Waals surface area contributed by atoms with E-state index in [4.69, 9.17) is 0 Å². The van der Waals surface area contributed by atoms with Crippen molar-refractivity contribution in [2.24, 2.45) is 11.8 Å². The van der Waals surface area contributed by atoms with Crippen molar-refractivity contribution in [3.05, 3.63) is 149 Å². The van der Waals surface area contributed by atoms with Crippen molar-refractivity contribution in [1.82, 2.24) is 0 Å². The Morgan fingerprint density at radius 1 is 0.509 bits per heavy atom. The summed E-state index contributed by atoms with van der Waals surface area (Å²) in [5, 5.41) is 2.68. The highest BCUT2D eigenvalue weighted by atomic mass is 15.1. The quantitative estimate of drug-likeness (QED) is 0.157. The van der Waals surface area contributed by atoms with E-state index < -0.39 is 0 Å². The van der Waals surface area contributed by atoms with Gasteiger partial charge in [-0.05, 0) is 172 Å². The highest BCUT2D eigenvalue weighted by Crippen LogP contribution is 2.56. The first-order valence-corrected chi connectivity index (χ1v) is 22.8. The zero-order valence-electron chi connectivity index (χ0n) is 34.3. The topological polar surface area (TPSA) is 3.24 Å². The van der Waals surface area contributed by atoms with Crippen LogP contribution in [0.4, 0.5) is 17.1 Å². The van der Waals surface area contributed by atoms with Crippen LogP contribution < -0.4 is 4.90 Å². The van der Waals surface area contributed by atoms with Crippen LogP contribution in [0.1, 0.15) is 149 Å². The highest BCUT2D eigenvalue weighted by Gasteiger charge is 2.41. The van der Waals surface area contributed by atoms with Crippen LogP contribution in [-0.2, 0) is 5.41 Å². The Morgan fingerprint density at radius 2 is 1.18 bits per heavy atom. The molecule has 3 atom stereocenters. The van der Waals surface area contributed by atoms with Crippen LogP contribution in [0.3, 0.4) is 0 Å². The Labute approximate surface area is 341 Å². The Hall–Kier alpha value is -4.62. The number of fused-ring (bicyclic) bond motifs is 6. The molecule has 0 saturated heterocycles. The molecule has 0 amide bonds. The summed E-state index contributed by atoms with van der Waals surface area (Å²) >= 11 is 0. The van der Waals surface area contributed by atoms with E-state index in [1.54, 1.807) is 5.56 Å². The molecule has 11 rings (SSSR count). The van der Waals surface area contributed by atoms with Crippen molar-refractivity contribution in [2.75, 3.05) is 4.90 Å². The largest absolute Gasteiger partial charge is 0.310 e. The Balaban J connectivity index is 1.12. The molecule has 6 aromatic carbocycles. The minimum absolute atomic E-state index is 0.119. The lowest BCUT2D eigenvalue weighted by molar-refractivity contribution is 0.420. The van der Waals surface area contributed by atoms with Gasteiger partial charge < -0.3 is 4.90 Å². The molecule has 1 nitrogen and oxygen atoms in total. The van der Waals surface area contributed by atoms with Gasteiger partial charge in [-0.25, -0.2) is 0 Å². The van der Waals surface area contributed by atoms with Gasteiger partial charge in [0.25, 0.3) is 0 Å². The van der Waals surface area contributed by atoms with Crippen LogP contribution in [0.2, 0.25) is 0 Å². The molecule has 6 aromatic rings. The molecule has 0 N–H and O–H groups in total. The van der Waals surface area contributed by atoms with Crippen molar-refractivity contribution in [2.45, 2.75) is 127 Å². The molecule has 3 unspecified atom stereocenters. The zero-order chi connectivity index (χ0) is 38.1. The van der Waals surface area contributed by atoms with Crippen LogP contribution in [0, 0.1) is 11.8 Å². The summed E-state index contributed by atoms with van der Waals surface area (Å²) in [5.74, 6) is 3.82. The van der Waals surface area contributed by atoms with Crippen molar-refractivity contribution >= 4 is 27.8 Å². The summed E-state index contributed by atoms with van der Waals surface area (Å²) in [7, 11) is 0. The van der Waals surface area contributed by atoms with Gasteiger partial charge in [-0.15, -0.1) is 0 Å². The van der Waals surface area contributed by atoms with Crippen molar-refractivity contribution in [3.8, 4) is 22.3 Å². The van der Waals surface area contributed by atoms with Gasteiger partial charge in [0.05, 0.1) is 5.69 Å². The number of nitrogens with zero attached hydrogens (tertiary/aromatic N) is 1. The second-order valence-corrected chi connectivity index (χ2v) is 19.3. The van der Waals surface area contributed by atoms with E-state index in [9.17, 15) is 0 Å². The lowest BCUT2D eigenvalue weighted by Gasteiger charge is -2.34. The minimum Gasteiger partial charge on any atom is -0.310 e. The summed E-state index contributed by atoms with van der Waals surface area (Å²) in [5.41, 5.74) is 16.8. The first-order valence-electron chi connectivity index (χ1n) is 22.8. The van der Waals surface area contributed by atoms with E-state index in [1.807, 2.05) is 0 Å². The molecular formula is C56H59N. The first-order chi connectivity index (χ1) is 28.0. The molecule has 0 heterocycles. The molecule has 5 aliphatic carbocycles. The molecule has 57 heavy (non-hydrogen) atoms. The van der Waals surface area contributed by atoms with Gasteiger partial charge in [0.2, 0.25) is 0 Å². The summed E-state index contributed by atoms with van der Waals surface area (Å²) in [4.78, 5) is 2.68. The van der Waals surface area contributed by atoms with Crippen molar-refractivity contribution in [1.29, 1.82) is 0 Å². The lowest BCUT2D eigenvalue weighted by Crippen LogP contribution is -2.18. The van der Waals surface area contributed by atoms with Crippen molar-refractivity contribution in [3.63, 3.8) is 0 Å². The third-order valence-corrected chi connectivity index (χ3v) is 15.7. The summed E-state index contributed by atoms with van der Waals surface area (Å²) < 4.78 is 0. The van der Waals surface area contributed by atoms with Crippen LogP contribution in [-0.4, -0.2) is 0 Å². The summed E-state index contributed by atoms with van der Waals surface area (Å²) in [6.45, 7) is 4.91. The fourth-order valence-corrected chi connectivity index (χ4v) is 12.7. The van der Waals surface area contributed by atoms with Gasteiger partial charge in [0.1, 0.15) is 0 Å². The predicted octanol–water partition coefficient (Wildman–Crippen LogP) is 16.3. The number of rotatable bonds is 7. The molecule has 2 bridgehead atoms. The predicted molar refractivity (Wildman–Crippen MR) is 241 cm³/mol. The zero-order valence-corrected chi connectivity index (χ0v) is 34.3. The summed E-state index contributed by atoms with van der Waals surface area (Å²) in [6, 6.07) is 48.4. The first kappa shape index (κ1) is 35.5. The summed E-state index contributed by atoms with van der Waals surface area (Å²) in [6.07, 6.45) is 19.0.